The van der Waals surface area contributed by atoms with E-state index in [0.717, 1.165) is 21.3 Å². The van der Waals surface area contributed by atoms with Gasteiger partial charge in [-0.3, -0.25) is 0 Å². The number of ether oxygens (including phenoxy) is 3. The minimum Gasteiger partial charge on any atom is -0.493 e. The van der Waals surface area contributed by atoms with Gasteiger partial charge in [0.1, 0.15) is 0 Å². The quantitative estimate of drug-likeness (QED) is 0.778. The molecule has 0 bridgehead atoms. The Labute approximate surface area is 120 Å². The fraction of sp³-hybridized carbons (Fsp3) is 0.500. The molecule has 0 saturated heterocycles. The van der Waals surface area contributed by atoms with Crippen molar-refractivity contribution < 1.29 is 44.9 Å². The summed E-state index contributed by atoms with van der Waals surface area (Å²) in [5.41, 5.74) is -7.30. The third-order valence-electron chi connectivity index (χ3n) is 2.84. The third kappa shape index (κ3) is 2.73. The molecule has 1 aromatic carbocycles. The van der Waals surface area contributed by atoms with Crippen molar-refractivity contribution >= 4 is 0 Å². The molecule has 1 rings (SSSR count). The Morgan fingerprint density at radius 2 is 1.05 bits per heavy atom. The molecular weight excluding hydrogens is 325 g/mol. The van der Waals surface area contributed by atoms with Crippen molar-refractivity contribution in [3.8, 4) is 17.2 Å². The summed E-state index contributed by atoms with van der Waals surface area (Å²) < 4.78 is 104. The summed E-state index contributed by atoms with van der Waals surface area (Å²) in [5.74, 6) is -1.33. The maximum atomic E-state index is 14.0. The van der Waals surface area contributed by atoms with Crippen molar-refractivity contribution in [3.05, 3.63) is 17.7 Å². The van der Waals surface area contributed by atoms with Crippen molar-refractivity contribution in [3.63, 3.8) is 0 Å². The maximum Gasteiger partial charge on any atom is 0.435 e. The molecule has 10 heteroatoms. The van der Waals surface area contributed by atoms with Crippen molar-refractivity contribution in [2.24, 2.45) is 0 Å². The predicted octanol–water partition coefficient (Wildman–Crippen LogP) is 4.00. The van der Waals surface area contributed by atoms with Crippen LogP contribution < -0.4 is 14.2 Å². The summed E-state index contributed by atoms with van der Waals surface area (Å²) >= 11 is 0. The highest BCUT2D eigenvalue weighted by Crippen LogP contribution is 2.55. The number of halogens is 7. The lowest BCUT2D eigenvalue weighted by Crippen LogP contribution is -2.50. The van der Waals surface area contributed by atoms with Crippen molar-refractivity contribution in [2.45, 2.75) is 18.0 Å². The molecule has 1 aromatic rings. The van der Waals surface area contributed by atoms with Gasteiger partial charge in [-0.1, -0.05) is 0 Å². The van der Waals surface area contributed by atoms with Crippen LogP contribution in [0.4, 0.5) is 30.7 Å². The van der Waals surface area contributed by atoms with E-state index in [9.17, 15) is 30.7 Å². The Kier molecular flexibility index (Phi) is 4.73. The SMILES string of the molecule is COc1cc(C(F)(C(F)(F)F)C(F)(F)F)cc(OC)c1OC. The van der Waals surface area contributed by atoms with Gasteiger partial charge in [-0.05, 0) is 12.1 Å². The van der Waals surface area contributed by atoms with E-state index < -0.39 is 35.1 Å². The monoisotopic (exact) mass is 336 g/mol. The lowest BCUT2D eigenvalue weighted by atomic mass is 9.93. The van der Waals surface area contributed by atoms with Crippen molar-refractivity contribution in [1.82, 2.24) is 0 Å². The number of benzene rings is 1. The Hall–Kier alpha value is -1.87. The first-order valence-corrected chi connectivity index (χ1v) is 5.56. The van der Waals surface area contributed by atoms with E-state index in [1.165, 1.54) is 0 Å². The third-order valence-corrected chi connectivity index (χ3v) is 2.84. The van der Waals surface area contributed by atoms with E-state index in [4.69, 9.17) is 4.74 Å². The molecule has 0 N–H and O–H groups in total. The summed E-state index contributed by atoms with van der Waals surface area (Å²) in [6, 6.07) is 0.532. The second-order valence-electron chi connectivity index (χ2n) is 4.07. The first kappa shape index (κ1) is 18.2. The van der Waals surface area contributed by atoms with Gasteiger partial charge >= 0.3 is 18.0 Å². The van der Waals surface area contributed by atoms with Crippen LogP contribution >= 0.6 is 0 Å². The molecule has 0 amide bonds. The normalized spacial score (nSPS) is 13.0. The second kappa shape index (κ2) is 5.73. The van der Waals surface area contributed by atoms with E-state index in [1.807, 2.05) is 0 Å². The maximum absolute atomic E-state index is 14.0. The summed E-state index contributed by atoms with van der Waals surface area (Å²) in [5, 5.41) is 0. The molecule has 3 nitrogen and oxygen atoms in total. The van der Waals surface area contributed by atoms with Gasteiger partial charge in [0.05, 0.1) is 21.3 Å². The van der Waals surface area contributed by atoms with Crippen LogP contribution in [0.25, 0.3) is 0 Å². The van der Waals surface area contributed by atoms with Crippen LogP contribution in [0.1, 0.15) is 5.56 Å². The fourth-order valence-electron chi connectivity index (χ4n) is 1.77. The Bertz CT molecular complexity index is 497. The zero-order chi connectivity index (χ0) is 17.3. The number of rotatable bonds is 4. The highest BCUT2D eigenvalue weighted by atomic mass is 19.4. The van der Waals surface area contributed by atoms with Gasteiger partial charge in [0, 0.05) is 5.56 Å². The molecule has 0 aliphatic heterocycles. The topological polar surface area (TPSA) is 27.7 Å². The van der Waals surface area contributed by atoms with Crippen molar-refractivity contribution in [2.75, 3.05) is 21.3 Å². The van der Waals surface area contributed by atoms with Gasteiger partial charge in [0.25, 0.3) is 0 Å². The van der Waals surface area contributed by atoms with Gasteiger partial charge in [-0.25, -0.2) is 4.39 Å². The molecule has 0 aliphatic rings. The summed E-state index contributed by atoms with van der Waals surface area (Å²) in [7, 11) is 3.04. The van der Waals surface area contributed by atoms with Crippen molar-refractivity contribution in [1.29, 1.82) is 0 Å². The van der Waals surface area contributed by atoms with E-state index in [2.05, 4.69) is 9.47 Å². The highest BCUT2D eigenvalue weighted by molar-refractivity contribution is 5.55. The predicted molar refractivity (Wildman–Crippen MR) is 61.0 cm³/mol. The first-order chi connectivity index (χ1) is 9.93. The lowest BCUT2D eigenvalue weighted by molar-refractivity contribution is -0.348. The average Bonchev–Trinajstić information content (AvgIpc) is 2.42. The number of hydrogen-bond acceptors (Lipinski definition) is 3. The molecular formula is C12H11F7O3. The van der Waals surface area contributed by atoms with Crippen LogP contribution in [0.3, 0.4) is 0 Å². The Morgan fingerprint density at radius 1 is 0.682 bits per heavy atom. The average molecular weight is 336 g/mol. The molecule has 0 saturated carbocycles. The van der Waals surface area contributed by atoms with E-state index in [-0.39, 0.29) is 17.9 Å². The molecule has 0 aliphatic carbocycles. The molecule has 0 unspecified atom stereocenters. The molecule has 0 spiro atoms. The van der Waals surface area contributed by atoms with Gasteiger partial charge < -0.3 is 14.2 Å². The van der Waals surface area contributed by atoms with E-state index in [1.54, 1.807) is 0 Å². The van der Waals surface area contributed by atoms with Gasteiger partial charge in [0.15, 0.2) is 11.5 Å². The number of alkyl halides is 7. The van der Waals surface area contributed by atoms with Crippen LogP contribution in [0.15, 0.2) is 12.1 Å². The fourth-order valence-corrected chi connectivity index (χ4v) is 1.77. The minimum atomic E-state index is -6.23. The zero-order valence-corrected chi connectivity index (χ0v) is 11.5. The molecule has 126 valence electrons. The molecule has 22 heavy (non-hydrogen) atoms. The largest absolute Gasteiger partial charge is 0.493 e. The zero-order valence-electron chi connectivity index (χ0n) is 11.5. The van der Waals surface area contributed by atoms with E-state index in [0.29, 0.717) is 0 Å². The lowest BCUT2D eigenvalue weighted by Gasteiger charge is -2.31. The first-order valence-electron chi connectivity index (χ1n) is 5.56. The van der Waals surface area contributed by atoms with Crippen LogP contribution in [0.5, 0.6) is 17.2 Å². The molecule has 0 heterocycles. The Balaban J connectivity index is 3.72. The van der Waals surface area contributed by atoms with Gasteiger partial charge in [-0.15, -0.1) is 0 Å². The minimum absolute atomic E-state index is 0.263. The van der Waals surface area contributed by atoms with Crippen LogP contribution in [0.2, 0.25) is 0 Å². The number of hydrogen-bond donors (Lipinski definition) is 0. The molecule has 0 radical (unpaired) electrons. The van der Waals surface area contributed by atoms with Gasteiger partial charge in [-0.2, -0.15) is 26.3 Å². The van der Waals surface area contributed by atoms with Gasteiger partial charge in [0.2, 0.25) is 5.75 Å². The molecule has 0 aromatic heterocycles. The summed E-state index contributed by atoms with van der Waals surface area (Å²) in [6.07, 6.45) is -12.5. The molecule has 0 atom stereocenters. The van der Waals surface area contributed by atoms with E-state index >= 15 is 0 Å². The Morgan fingerprint density at radius 3 is 1.27 bits per heavy atom. The van der Waals surface area contributed by atoms with Crippen LogP contribution in [-0.2, 0) is 5.67 Å². The van der Waals surface area contributed by atoms with Crippen LogP contribution in [0, 0.1) is 0 Å². The molecule has 0 fully saturated rings. The summed E-state index contributed by atoms with van der Waals surface area (Å²) in [6.45, 7) is 0. The highest BCUT2D eigenvalue weighted by Gasteiger charge is 2.73. The standard InChI is InChI=1S/C12H11F7O3/c1-20-7-4-6(5-8(21-2)9(7)22-3)10(13,11(14,15)16)12(17,18)19/h4-5H,1-3H3. The summed E-state index contributed by atoms with van der Waals surface area (Å²) in [4.78, 5) is 0. The van der Waals surface area contributed by atoms with Crippen LogP contribution in [-0.4, -0.2) is 33.7 Å². The second-order valence-corrected chi connectivity index (χ2v) is 4.07. The smallest absolute Gasteiger partial charge is 0.435 e. The number of methoxy groups -OCH3 is 3.